The summed E-state index contributed by atoms with van der Waals surface area (Å²) in [6.45, 7) is 13.7. The zero-order chi connectivity index (χ0) is 12.3. The fourth-order valence-electron chi connectivity index (χ4n) is 0.658. The molecule has 0 nitrogen and oxygen atoms in total. The third-order valence-electron chi connectivity index (χ3n) is 1.84. The monoisotopic (exact) mass is 346 g/mol. The van der Waals surface area contributed by atoms with Crippen molar-refractivity contribution in [3.05, 3.63) is 19.3 Å². The summed E-state index contributed by atoms with van der Waals surface area (Å²) >= 11 is 12.5. The van der Waals surface area contributed by atoms with E-state index in [-0.39, 0.29) is 0 Å². The molecule has 0 saturated heterocycles. The van der Waals surface area contributed by atoms with Crippen molar-refractivity contribution < 1.29 is 0 Å². The van der Waals surface area contributed by atoms with Crippen LogP contribution in [0.3, 0.4) is 0 Å². The predicted molar refractivity (Wildman–Crippen MR) is 80.3 cm³/mol. The summed E-state index contributed by atoms with van der Waals surface area (Å²) in [6, 6.07) is 0. The van der Waals surface area contributed by atoms with Crippen LogP contribution in [0.5, 0.6) is 0 Å². The Kier molecular flexibility index (Phi) is 6.49. The first-order valence-corrected chi connectivity index (χ1v) is 14.6. The summed E-state index contributed by atoms with van der Waals surface area (Å²) < 4.78 is 2.50. The maximum atomic E-state index is 6.29. The van der Waals surface area contributed by atoms with Gasteiger partial charge >= 0.3 is 113 Å². The molecule has 0 fully saturated rings. The molecule has 0 aliphatic rings. The normalized spacial score (nSPS) is 15.7. The SMILES string of the molecule is C[Si](C)(C)/C(Cl)=C\[Se]/C(=C/Cl)[Si](C)(C)C. The maximum absolute atomic E-state index is 6.29. The number of halogens is 2. The Hall–Kier alpha value is 1.01. The number of hydrogen-bond donors (Lipinski definition) is 0. The van der Waals surface area contributed by atoms with Crippen molar-refractivity contribution >= 4 is 54.3 Å². The van der Waals surface area contributed by atoms with E-state index in [2.05, 4.69) is 44.3 Å². The van der Waals surface area contributed by atoms with Gasteiger partial charge in [0.05, 0.1) is 0 Å². The average molecular weight is 346 g/mol. The van der Waals surface area contributed by atoms with E-state index < -0.39 is 16.1 Å². The fraction of sp³-hybridized carbons (Fsp3) is 0.600. The molecule has 0 aromatic carbocycles. The minimum atomic E-state index is -1.31. The molecule has 0 atom stereocenters. The molecule has 0 saturated carbocycles. The van der Waals surface area contributed by atoms with Gasteiger partial charge in [0.1, 0.15) is 0 Å². The van der Waals surface area contributed by atoms with Gasteiger partial charge in [-0.25, -0.2) is 0 Å². The minimum absolute atomic E-state index is 0.337. The molecule has 0 bridgehead atoms. The van der Waals surface area contributed by atoms with Crippen LogP contribution < -0.4 is 0 Å². The van der Waals surface area contributed by atoms with E-state index in [1.807, 2.05) is 0 Å². The Balaban J connectivity index is 4.64. The van der Waals surface area contributed by atoms with E-state index >= 15 is 0 Å². The zero-order valence-corrected chi connectivity index (χ0v) is 15.5. The van der Waals surface area contributed by atoms with Gasteiger partial charge < -0.3 is 0 Å². The quantitative estimate of drug-likeness (QED) is 0.653. The standard InChI is InChI=1S/C10H20Cl2SeSi2/c1-14(2,3)9(12)8-13-10(7-11)15(4,5)6/h7-8H,1-6H3/b9-8-,10-7-. The molecule has 0 spiro atoms. The molecular formula is C10H20Cl2SeSi2. The van der Waals surface area contributed by atoms with Gasteiger partial charge in [0, 0.05) is 0 Å². The van der Waals surface area contributed by atoms with Gasteiger partial charge in [-0.15, -0.1) is 0 Å². The second-order valence-electron chi connectivity index (χ2n) is 5.56. The molecule has 15 heavy (non-hydrogen) atoms. The van der Waals surface area contributed by atoms with E-state index in [0.717, 1.165) is 4.66 Å². The Morgan fingerprint density at radius 2 is 1.47 bits per heavy atom. The summed E-state index contributed by atoms with van der Waals surface area (Å²) in [6.07, 6.45) is 0. The Labute approximate surface area is 112 Å². The first-order chi connectivity index (χ1) is 6.59. The molecule has 0 unspecified atom stereocenters. The molecule has 0 amide bonds. The Bertz CT molecular complexity index is 272. The van der Waals surface area contributed by atoms with E-state index in [4.69, 9.17) is 23.2 Å². The molecule has 0 radical (unpaired) electrons. The summed E-state index contributed by atoms with van der Waals surface area (Å²) in [5.74, 6) is 0. The second-order valence-corrected chi connectivity index (χ2v) is 19.3. The van der Waals surface area contributed by atoms with Crippen molar-refractivity contribution in [2.75, 3.05) is 0 Å². The second kappa shape index (κ2) is 6.08. The van der Waals surface area contributed by atoms with E-state index in [1.54, 1.807) is 5.54 Å². The van der Waals surface area contributed by atoms with Gasteiger partial charge in [0.25, 0.3) is 0 Å². The molecule has 0 N–H and O–H groups in total. The molecule has 0 aromatic rings. The van der Waals surface area contributed by atoms with Crippen LogP contribution in [0.15, 0.2) is 19.3 Å². The molecule has 88 valence electrons. The first kappa shape index (κ1) is 16.0. The molecule has 5 heteroatoms. The topological polar surface area (TPSA) is 0 Å². The molecule has 0 aromatic heterocycles. The third-order valence-corrected chi connectivity index (χ3v) is 14.3. The van der Waals surface area contributed by atoms with Gasteiger partial charge in [0.15, 0.2) is 0 Å². The van der Waals surface area contributed by atoms with Crippen LogP contribution in [0.25, 0.3) is 0 Å². The Morgan fingerprint density at radius 1 is 1.00 bits per heavy atom. The predicted octanol–water partition coefficient (Wildman–Crippen LogP) is 4.61. The summed E-state index contributed by atoms with van der Waals surface area (Å²) in [4.78, 5) is 2.22. The van der Waals surface area contributed by atoms with Crippen molar-refractivity contribution in [1.29, 1.82) is 0 Å². The van der Waals surface area contributed by atoms with Crippen molar-refractivity contribution in [3.63, 3.8) is 0 Å². The van der Waals surface area contributed by atoms with Gasteiger partial charge in [0.2, 0.25) is 0 Å². The van der Waals surface area contributed by atoms with E-state index in [1.165, 1.54) is 4.09 Å². The summed E-state index contributed by atoms with van der Waals surface area (Å²) in [5.41, 5.74) is 1.77. The van der Waals surface area contributed by atoms with Crippen LogP contribution in [0.4, 0.5) is 0 Å². The molecule has 0 heterocycles. The Morgan fingerprint density at radius 3 is 1.73 bits per heavy atom. The van der Waals surface area contributed by atoms with Crippen LogP contribution in [-0.2, 0) is 0 Å². The van der Waals surface area contributed by atoms with Crippen LogP contribution in [0.1, 0.15) is 0 Å². The molecule has 0 aliphatic carbocycles. The zero-order valence-electron chi connectivity index (χ0n) is 10.3. The molecular weight excluding hydrogens is 326 g/mol. The van der Waals surface area contributed by atoms with Crippen molar-refractivity contribution in [2.45, 2.75) is 39.3 Å². The third kappa shape index (κ3) is 6.35. The van der Waals surface area contributed by atoms with Gasteiger partial charge in [-0.3, -0.25) is 0 Å². The summed E-state index contributed by atoms with van der Waals surface area (Å²) in [7, 11) is -2.56. The number of rotatable bonds is 4. The van der Waals surface area contributed by atoms with E-state index in [0.29, 0.717) is 15.0 Å². The summed E-state index contributed by atoms with van der Waals surface area (Å²) in [5, 5.41) is 0. The van der Waals surface area contributed by atoms with Gasteiger partial charge in [-0.2, -0.15) is 0 Å². The van der Waals surface area contributed by atoms with Crippen LogP contribution in [0, 0.1) is 0 Å². The average Bonchev–Trinajstić information content (AvgIpc) is 2.00. The van der Waals surface area contributed by atoms with Crippen molar-refractivity contribution in [2.24, 2.45) is 0 Å². The van der Waals surface area contributed by atoms with Gasteiger partial charge in [-0.05, 0) is 0 Å². The van der Waals surface area contributed by atoms with Gasteiger partial charge in [-0.1, -0.05) is 0 Å². The van der Waals surface area contributed by atoms with Crippen molar-refractivity contribution in [1.82, 2.24) is 0 Å². The van der Waals surface area contributed by atoms with Crippen molar-refractivity contribution in [3.8, 4) is 0 Å². The molecule has 0 rings (SSSR count). The molecule has 0 aliphatic heterocycles. The van der Waals surface area contributed by atoms with Crippen LogP contribution in [0.2, 0.25) is 39.3 Å². The fourth-order valence-corrected chi connectivity index (χ4v) is 8.83. The number of hydrogen-bond acceptors (Lipinski definition) is 0. The van der Waals surface area contributed by atoms with Crippen LogP contribution in [-0.4, -0.2) is 31.1 Å². The first-order valence-electron chi connectivity index (χ1n) is 4.92. The van der Waals surface area contributed by atoms with Crippen LogP contribution >= 0.6 is 23.2 Å². The van der Waals surface area contributed by atoms with E-state index in [9.17, 15) is 0 Å².